The van der Waals surface area contributed by atoms with E-state index in [1.165, 1.54) is 6.42 Å². The molecule has 0 radical (unpaired) electrons. The first kappa shape index (κ1) is 9.07. The van der Waals surface area contributed by atoms with Crippen molar-refractivity contribution >= 4 is 0 Å². The van der Waals surface area contributed by atoms with Crippen LogP contribution in [0.3, 0.4) is 0 Å². The maximum Gasteiger partial charge on any atom is 0.138 e. The highest BCUT2D eigenvalue weighted by Gasteiger charge is 1.80. The third-order valence-electron chi connectivity index (χ3n) is 0.715. The molecule has 0 atom stereocenters. The Bertz CT molecular complexity index is 135. The van der Waals surface area contributed by atoms with Gasteiger partial charge in [-0.1, -0.05) is 20.3 Å². The number of hydrogen-bond acceptors (Lipinski definition) is 3. The van der Waals surface area contributed by atoms with Crippen LogP contribution in [0, 0.1) is 0 Å². The van der Waals surface area contributed by atoms with E-state index in [1.54, 1.807) is 11.0 Å². The van der Waals surface area contributed by atoms with E-state index in [4.69, 9.17) is 0 Å². The summed E-state index contributed by atoms with van der Waals surface area (Å²) in [5.74, 6) is 0. The summed E-state index contributed by atoms with van der Waals surface area (Å²) in [6.45, 7) is 7.07. The molecule has 0 aliphatic carbocycles. The van der Waals surface area contributed by atoms with Gasteiger partial charge in [-0.05, 0) is 17.4 Å². The van der Waals surface area contributed by atoms with Crippen LogP contribution >= 0.6 is 0 Å². The van der Waals surface area contributed by atoms with E-state index < -0.39 is 0 Å². The first-order valence-corrected chi connectivity index (χ1v) is 3.55. The number of aromatic nitrogens is 4. The zero-order valence-corrected chi connectivity index (χ0v) is 6.78. The number of tetrazole rings is 1. The first-order chi connectivity index (χ1) is 4.85. The van der Waals surface area contributed by atoms with Crippen molar-refractivity contribution < 1.29 is 0 Å². The lowest BCUT2D eigenvalue weighted by atomic mass is 10.6. The molecular weight excluding hydrogens is 128 g/mol. The number of aryl methyl sites for hydroxylation is 1. The minimum Gasteiger partial charge on any atom is -0.233 e. The molecule has 0 unspecified atom stereocenters. The average Bonchev–Trinajstić information content (AvgIpc) is 2.39. The molecule has 1 rings (SSSR count). The zero-order valence-electron chi connectivity index (χ0n) is 6.78. The van der Waals surface area contributed by atoms with Gasteiger partial charge in [0.15, 0.2) is 0 Å². The molecule has 0 saturated carbocycles. The van der Waals surface area contributed by atoms with Crippen LogP contribution in [0.15, 0.2) is 6.33 Å². The summed E-state index contributed by atoms with van der Waals surface area (Å²) in [5.41, 5.74) is 0. The van der Waals surface area contributed by atoms with Crippen molar-refractivity contribution in [2.24, 2.45) is 0 Å². The van der Waals surface area contributed by atoms with Gasteiger partial charge in [0.1, 0.15) is 6.33 Å². The second-order valence-electron chi connectivity index (χ2n) is 1.87. The predicted molar refractivity (Wildman–Crippen MR) is 39.5 cm³/mol. The molecule has 0 bridgehead atoms. The van der Waals surface area contributed by atoms with Crippen LogP contribution in [0.2, 0.25) is 0 Å². The Morgan fingerprint density at radius 2 is 1.90 bits per heavy atom. The lowest BCUT2D eigenvalue weighted by molar-refractivity contribution is 0.626. The molecule has 1 heterocycles. The van der Waals surface area contributed by atoms with E-state index >= 15 is 0 Å². The van der Waals surface area contributed by atoms with Crippen LogP contribution in [-0.4, -0.2) is 20.2 Å². The second kappa shape index (κ2) is 6.19. The molecular formula is C6H14N4. The van der Waals surface area contributed by atoms with Gasteiger partial charge in [0.2, 0.25) is 0 Å². The predicted octanol–water partition coefficient (Wildman–Crippen LogP) is 1.11. The molecule has 4 nitrogen and oxygen atoms in total. The monoisotopic (exact) mass is 142 g/mol. The highest BCUT2D eigenvalue weighted by molar-refractivity contribution is 4.40. The van der Waals surface area contributed by atoms with Gasteiger partial charge in [-0.2, -0.15) is 0 Å². The van der Waals surface area contributed by atoms with Gasteiger partial charge in [-0.25, -0.2) is 4.68 Å². The second-order valence-corrected chi connectivity index (χ2v) is 1.87. The van der Waals surface area contributed by atoms with Crippen LogP contribution in [0.5, 0.6) is 0 Å². The zero-order chi connectivity index (χ0) is 7.82. The van der Waals surface area contributed by atoms with Crippen LogP contribution in [0.25, 0.3) is 0 Å². The van der Waals surface area contributed by atoms with Crippen LogP contribution in [-0.2, 0) is 6.54 Å². The fourth-order valence-corrected chi connectivity index (χ4v) is 0.325. The quantitative estimate of drug-likeness (QED) is 0.590. The van der Waals surface area contributed by atoms with Crippen LogP contribution < -0.4 is 0 Å². The molecule has 0 saturated heterocycles. The van der Waals surface area contributed by atoms with Crippen molar-refractivity contribution in [3.63, 3.8) is 0 Å². The Kier molecular flexibility index (Phi) is 5.62. The van der Waals surface area contributed by atoms with E-state index in [-0.39, 0.29) is 0 Å². The minimum atomic E-state index is 0.840. The Morgan fingerprint density at radius 1 is 1.30 bits per heavy atom. The maximum absolute atomic E-state index is 3.59. The van der Waals surface area contributed by atoms with Crippen LogP contribution in [0.4, 0.5) is 0 Å². The Labute approximate surface area is 61.2 Å². The molecule has 0 spiro atoms. The minimum absolute atomic E-state index is 0.840. The lowest BCUT2D eigenvalue weighted by Crippen LogP contribution is -1.93. The van der Waals surface area contributed by atoms with Gasteiger partial charge in [0, 0.05) is 6.54 Å². The molecule has 58 valence electrons. The molecule has 10 heavy (non-hydrogen) atoms. The molecule has 1 aromatic rings. The molecule has 0 N–H and O–H groups in total. The van der Waals surface area contributed by atoms with Crippen molar-refractivity contribution in [2.75, 3.05) is 0 Å². The highest BCUT2D eigenvalue weighted by Crippen LogP contribution is 1.70. The standard InChI is InChI=1S/C3H6N4.C3H8/c1-2-7-3-4-5-6-7;1-3-2/h3H,2H2,1H3;3H2,1-2H3. The van der Waals surface area contributed by atoms with E-state index in [9.17, 15) is 0 Å². The van der Waals surface area contributed by atoms with Crippen molar-refractivity contribution in [1.82, 2.24) is 20.2 Å². The van der Waals surface area contributed by atoms with Gasteiger partial charge in [-0.3, -0.25) is 0 Å². The van der Waals surface area contributed by atoms with E-state index in [0.29, 0.717) is 0 Å². The number of nitrogens with zero attached hydrogens (tertiary/aromatic N) is 4. The van der Waals surface area contributed by atoms with Crippen molar-refractivity contribution in [3.8, 4) is 0 Å². The smallest absolute Gasteiger partial charge is 0.138 e. The topological polar surface area (TPSA) is 43.6 Å². The van der Waals surface area contributed by atoms with Gasteiger partial charge >= 0.3 is 0 Å². The summed E-state index contributed by atoms with van der Waals surface area (Å²) in [7, 11) is 0. The molecule has 0 amide bonds. The summed E-state index contributed by atoms with van der Waals surface area (Å²) >= 11 is 0. The Hall–Kier alpha value is -0.930. The van der Waals surface area contributed by atoms with Crippen molar-refractivity contribution in [1.29, 1.82) is 0 Å². The van der Waals surface area contributed by atoms with Crippen molar-refractivity contribution in [2.45, 2.75) is 33.7 Å². The molecule has 4 heteroatoms. The van der Waals surface area contributed by atoms with Gasteiger partial charge in [-0.15, -0.1) is 5.10 Å². The third-order valence-corrected chi connectivity index (χ3v) is 0.715. The summed E-state index contributed by atoms with van der Waals surface area (Å²) in [6, 6.07) is 0. The number of hydrogen-bond donors (Lipinski definition) is 0. The fraction of sp³-hybridized carbons (Fsp3) is 0.833. The van der Waals surface area contributed by atoms with Gasteiger partial charge in [0.05, 0.1) is 0 Å². The molecule has 0 aliphatic rings. The molecule has 1 aromatic heterocycles. The third kappa shape index (κ3) is 4.00. The summed E-state index contributed by atoms with van der Waals surface area (Å²) < 4.78 is 1.65. The lowest BCUT2D eigenvalue weighted by Gasteiger charge is -1.83. The normalized spacial score (nSPS) is 8.30. The number of rotatable bonds is 1. The summed E-state index contributed by atoms with van der Waals surface area (Å²) in [6.07, 6.45) is 2.83. The first-order valence-electron chi connectivity index (χ1n) is 3.55. The fourth-order valence-electron chi connectivity index (χ4n) is 0.325. The van der Waals surface area contributed by atoms with Crippen molar-refractivity contribution in [3.05, 3.63) is 6.33 Å². The maximum atomic E-state index is 3.59. The van der Waals surface area contributed by atoms with Gasteiger partial charge in [0.25, 0.3) is 0 Å². The summed E-state index contributed by atoms with van der Waals surface area (Å²) in [5, 5.41) is 10.4. The summed E-state index contributed by atoms with van der Waals surface area (Å²) in [4.78, 5) is 0. The highest BCUT2D eigenvalue weighted by atomic mass is 15.5. The molecule has 0 aromatic carbocycles. The largest absolute Gasteiger partial charge is 0.233 e. The Morgan fingerprint density at radius 3 is 2.10 bits per heavy atom. The van der Waals surface area contributed by atoms with Gasteiger partial charge < -0.3 is 0 Å². The average molecular weight is 142 g/mol. The van der Waals surface area contributed by atoms with E-state index in [2.05, 4.69) is 29.4 Å². The van der Waals surface area contributed by atoms with E-state index in [0.717, 1.165) is 6.54 Å². The van der Waals surface area contributed by atoms with Crippen LogP contribution in [0.1, 0.15) is 27.2 Å². The van der Waals surface area contributed by atoms with E-state index in [1.807, 2.05) is 6.92 Å². The molecule has 0 aliphatic heterocycles. The molecule has 0 fully saturated rings. The SMILES string of the molecule is CCC.CCn1cnnn1. The Balaban J connectivity index is 0.000000236.